The molecule has 2 rings (SSSR count). The molecule has 2 N–H and O–H groups in total. The Bertz CT molecular complexity index is 553. The predicted molar refractivity (Wildman–Crippen MR) is 76.7 cm³/mol. The van der Waals surface area contributed by atoms with Gasteiger partial charge in [0.1, 0.15) is 11.7 Å². The van der Waals surface area contributed by atoms with Crippen molar-refractivity contribution in [2.75, 3.05) is 13.7 Å². The second-order valence-corrected chi connectivity index (χ2v) is 4.60. The zero-order valence-electron chi connectivity index (χ0n) is 12.0. The van der Waals surface area contributed by atoms with Crippen LogP contribution in [0.2, 0.25) is 0 Å². The molecule has 1 aliphatic rings. The van der Waals surface area contributed by atoms with E-state index in [1.807, 2.05) is 19.1 Å². The van der Waals surface area contributed by atoms with Crippen LogP contribution < -0.4 is 15.4 Å². The fraction of sp³-hybridized carbons (Fsp3) is 0.333. The van der Waals surface area contributed by atoms with Crippen molar-refractivity contribution in [3.8, 4) is 5.75 Å². The van der Waals surface area contributed by atoms with Gasteiger partial charge in [-0.15, -0.1) is 0 Å². The lowest BCUT2D eigenvalue weighted by Gasteiger charge is -2.33. The van der Waals surface area contributed by atoms with E-state index in [2.05, 4.69) is 17.2 Å². The van der Waals surface area contributed by atoms with Crippen LogP contribution in [0, 0.1) is 5.92 Å². The number of carbonyl (C=O) groups is 2. The minimum absolute atomic E-state index is 0.324. The Morgan fingerprint density at radius 1 is 1.33 bits per heavy atom. The lowest BCUT2D eigenvalue weighted by molar-refractivity contribution is -0.145. The fourth-order valence-corrected chi connectivity index (χ4v) is 2.30. The summed E-state index contributed by atoms with van der Waals surface area (Å²) < 4.78 is 10.2. The zero-order chi connectivity index (χ0) is 15.4. The second-order valence-electron chi connectivity index (χ2n) is 4.60. The Morgan fingerprint density at radius 3 is 2.57 bits per heavy atom. The van der Waals surface area contributed by atoms with Crippen LogP contribution in [0.5, 0.6) is 5.75 Å². The van der Waals surface area contributed by atoms with E-state index in [4.69, 9.17) is 9.47 Å². The average Bonchev–Trinajstić information content (AvgIpc) is 2.47. The van der Waals surface area contributed by atoms with Crippen molar-refractivity contribution in [3.05, 3.63) is 42.1 Å². The van der Waals surface area contributed by atoms with Crippen molar-refractivity contribution in [3.63, 3.8) is 0 Å². The topological polar surface area (TPSA) is 76.7 Å². The number of benzene rings is 1. The van der Waals surface area contributed by atoms with Crippen LogP contribution in [0.3, 0.4) is 0 Å². The van der Waals surface area contributed by atoms with Gasteiger partial charge in [0, 0.05) is 5.70 Å². The number of amides is 2. The molecule has 112 valence electrons. The van der Waals surface area contributed by atoms with E-state index in [0.717, 1.165) is 11.3 Å². The number of urea groups is 1. The minimum Gasteiger partial charge on any atom is -0.494 e. The van der Waals surface area contributed by atoms with E-state index < -0.39 is 17.9 Å². The zero-order valence-corrected chi connectivity index (χ0v) is 12.0. The van der Waals surface area contributed by atoms with Crippen LogP contribution in [-0.2, 0) is 9.53 Å². The lowest BCUT2D eigenvalue weighted by atomic mass is 9.89. The first-order valence-corrected chi connectivity index (χ1v) is 6.63. The highest BCUT2D eigenvalue weighted by atomic mass is 16.5. The van der Waals surface area contributed by atoms with Crippen molar-refractivity contribution in [1.82, 2.24) is 10.6 Å². The van der Waals surface area contributed by atoms with Gasteiger partial charge in [-0.3, -0.25) is 4.79 Å². The molecule has 0 bridgehead atoms. The third-order valence-corrected chi connectivity index (χ3v) is 3.27. The molecule has 0 radical (unpaired) electrons. The molecule has 6 heteroatoms. The van der Waals surface area contributed by atoms with Gasteiger partial charge < -0.3 is 20.1 Å². The van der Waals surface area contributed by atoms with Crippen LogP contribution >= 0.6 is 0 Å². The van der Waals surface area contributed by atoms with Crippen molar-refractivity contribution >= 4 is 12.0 Å². The molecule has 1 fully saturated rings. The van der Waals surface area contributed by atoms with Gasteiger partial charge in [-0.2, -0.15) is 0 Å². The Morgan fingerprint density at radius 2 is 2.00 bits per heavy atom. The monoisotopic (exact) mass is 290 g/mol. The standard InChI is InChI=1S/C15H18N2O4/c1-4-21-11-7-5-10(6-8-11)13-12(14(18)20-3)9(2)16-15(19)17-13/h5-8,12-13H,2,4H2,1,3H3,(H2,16,17,19). The normalized spacial score (nSPS) is 21.2. The summed E-state index contributed by atoms with van der Waals surface area (Å²) in [5, 5.41) is 5.23. The first-order chi connectivity index (χ1) is 10.1. The Balaban J connectivity index is 2.30. The van der Waals surface area contributed by atoms with Crippen molar-refractivity contribution in [1.29, 1.82) is 0 Å². The van der Waals surface area contributed by atoms with Gasteiger partial charge in [0.15, 0.2) is 0 Å². The van der Waals surface area contributed by atoms with Crippen molar-refractivity contribution in [2.24, 2.45) is 5.92 Å². The number of carbonyl (C=O) groups excluding carboxylic acids is 2. The van der Waals surface area contributed by atoms with Crippen molar-refractivity contribution in [2.45, 2.75) is 13.0 Å². The molecule has 2 unspecified atom stereocenters. The second kappa shape index (κ2) is 6.30. The summed E-state index contributed by atoms with van der Waals surface area (Å²) >= 11 is 0. The van der Waals surface area contributed by atoms with E-state index >= 15 is 0 Å². The summed E-state index contributed by atoms with van der Waals surface area (Å²) in [4.78, 5) is 23.6. The van der Waals surface area contributed by atoms with E-state index in [1.165, 1.54) is 7.11 Å². The van der Waals surface area contributed by atoms with Crippen LogP contribution in [0.4, 0.5) is 4.79 Å². The minimum atomic E-state index is -0.675. The summed E-state index contributed by atoms with van der Waals surface area (Å²) in [6.45, 7) is 6.22. The largest absolute Gasteiger partial charge is 0.494 e. The van der Waals surface area contributed by atoms with Crippen LogP contribution in [0.1, 0.15) is 18.5 Å². The maximum atomic E-state index is 11.9. The molecule has 0 saturated carbocycles. The van der Waals surface area contributed by atoms with Gasteiger partial charge in [-0.1, -0.05) is 18.7 Å². The molecule has 2 amide bonds. The van der Waals surface area contributed by atoms with Gasteiger partial charge in [-0.25, -0.2) is 4.79 Å². The van der Waals surface area contributed by atoms with E-state index in [9.17, 15) is 9.59 Å². The first-order valence-electron chi connectivity index (χ1n) is 6.63. The summed E-state index contributed by atoms with van der Waals surface area (Å²) in [5.74, 6) is -0.396. The van der Waals surface area contributed by atoms with Crippen LogP contribution in [-0.4, -0.2) is 25.7 Å². The molecule has 2 atom stereocenters. The van der Waals surface area contributed by atoms with Crippen LogP contribution in [0.25, 0.3) is 0 Å². The molecule has 1 aromatic rings. The number of nitrogens with one attached hydrogen (secondary N) is 2. The number of hydrogen-bond acceptors (Lipinski definition) is 4. The molecule has 1 heterocycles. The maximum absolute atomic E-state index is 11.9. The first kappa shape index (κ1) is 14.9. The van der Waals surface area contributed by atoms with Gasteiger partial charge in [0.05, 0.1) is 19.8 Å². The highest BCUT2D eigenvalue weighted by Crippen LogP contribution is 2.31. The molecule has 21 heavy (non-hydrogen) atoms. The SMILES string of the molecule is C=C1NC(=O)NC(c2ccc(OCC)cc2)C1C(=O)OC. The van der Waals surface area contributed by atoms with Gasteiger partial charge in [0.2, 0.25) is 0 Å². The summed E-state index contributed by atoms with van der Waals surface area (Å²) in [7, 11) is 1.31. The van der Waals surface area contributed by atoms with E-state index in [-0.39, 0.29) is 6.03 Å². The number of methoxy groups -OCH3 is 1. The van der Waals surface area contributed by atoms with E-state index in [1.54, 1.807) is 12.1 Å². The van der Waals surface area contributed by atoms with Gasteiger partial charge in [0.25, 0.3) is 0 Å². The smallest absolute Gasteiger partial charge is 0.319 e. The Hall–Kier alpha value is -2.50. The Labute approximate surface area is 123 Å². The lowest BCUT2D eigenvalue weighted by Crippen LogP contribution is -2.50. The fourth-order valence-electron chi connectivity index (χ4n) is 2.30. The summed E-state index contributed by atoms with van der Waals surface area (Å²) in [6, 6.07) is 6.30. The molecule has 0 spiro atoms. The van der Waals surface area contributed by atoms with Crippen LogP contribution in [0.15, 0.2) is 36.5 Å². The number of ether oxygens (including phenoxy) is 2. The van der Waals surface area contributed by atoms with Gasteiger partial charge in [-0.05, 0) is 24.6 Å². The molecule has 1 aliphatic heterocycles. The van der Waals surface area contributed by atoms with Gasteiger partial charge >= 0.3 is 12.0 Å². The third kappa shape index (κ3) is 3.16. The molecular weight excluding hydrogens is 272 g/mol. The number of hydrogen-bond donors (Lipinski definition) is 2. The predicted octanol–water partition coefficient (Wildman–Crippen LogP) is 1.74. The highest BCUT2D eigenvalue weighted by Gasteiger charge is 2.38. The maximum Gasteiger partial charge on any atom is 0.319 e. The molecule has 1 saturated heterocycles. The average molecular weight is 290 g/mol. The van der Waals surface area contributed by atoms with E-state index in [0.29, 0.717) is 12.3 Å². The summed E-state index contributed by atoms with van der Waals surface area (Å²) in [6.07, 6.45) is 0. The molecule has 0 aromatic heterocycles. The molecule has 6 nitrogen and oxygen atoms in total. The number of esters is 1. The molecule has 1 aromatic carbocycles. The quantitative estimate of drug-likeness (QED) is 0.828. The molecule has 0 aliphatic carbocycles. The Kier molecular flexibility index (Phi) is 4.47. The highest BCUT2D eigenvalue weighted by molar-refractivity contribution is 5.85. The number of rotatable bonds is 4. The van der Waals surface area contributed by atoms with Crippen molar-refractivity contribution < 1.29 is 19.1 Å². The summed E-state index contributed by atoms with van der Waals surface area (Å²) in [5.41, 5.74) is 1.11. The molecular formula is C15H18N2O4. The third-order valence-electron chi connectivity index (χ3n) is 3.27.